The third-order valence-electron chi connectivity index (χ3n) is 2.16. The van der Waals surface area contributed by atoms with Gasteiger partial charge in [-0.3, -0.25) is 0 Å². The van der Waals surface area contributed by atoms with Crippen molar-refractivity contribution in [3.63, 3.8) is 0 Å². The number of nitrogens with one attached hydrogen (secondary N) is 1. The summed E-state index contributed by atoms with van der Waals surface area (Å²) >= 11 is 9.23. The molecule has 7 heteroatoms. The Morgan fingerprint density at radius 2 is 2.05 bits per heavy atom. The van der Waals surface area contributed by atoms with Crippen LogP contribution < -0.4 is 10.1 Å². The predicted octanol–water partition coefficient (Wildman–Crippen LogP) is 3.90. The highest BCUT2D eigenvalue weighted by atomic mass is 79.9. The normalized spacial score (nSPS) is 10.3. The molecule has 2 aromatic rings. The van der Waals surface area contributed by atoms with Crippen LogP contribution in [0.15, 0.2) is 28.7 Å². The number of rotatable bonds is 5. The van der Waals surface area contributed by atoms with Crippen LogP contribution in [0.5, 0.6) is 11.8 Å². The lowest BCUT2D eigenvalue weighted by Crippen LogP contribution is -2.06. The SMILES string of the molecule is CCCNc1nc(Cl)nc(Oc2ccccc2Br)n1. The Kier molecular flexibility index (Phi) is 4.93. The van der Waals surface area contributed by atoms with Gasteiger partial charge in [0.2, 0.25) is 11.2 Å². The molecule has 0 aliphatic heterocycles. The number of hydrogen-bond donors (Lipinski definition) is 1. The number of nitrogens with zero attached hydrogens (tertiary/aromatic N) is 3. The Bertz CT molecular complexity index is 567. The van der Waals surface area contributed by atoms with Crippen molar-refractivity contribution in [2.24, 2.45) is 0 Å². The molecule has 1 aromatic heterocycles. The molecule has 100 valence electrons. The number of anilines is 1. The molecule has 2 rings (SSSR count). The van der Waals surface area contributed by atoms with Gasteiger partial charge in [0, 0.05) is 6.54 Å². The number of para-hydroxylation sites is 1. The minimum Gasteiger partial charge on any atom is -0.423 e. The highest BCUT2D eigenvalue weighted by Crippen LogP contribution is 2.28. The third-order valence-corrected chi connectivity index (χ3v) is 2.98. The molecule has 5 nitrogen and oxygen atoms in total. The van der Waals surface area contributed by atoms with Gasteiger partial charge >= 0.3 is 6.01 Å². The Balaban J connectivity index is 2.20. The Labute approximate surface area is 124 Å². The van der Waals surface area contributed by atoms with Crippen LogP contribution in [-0.4, -0.2) is 21.5 Å². The van der Waals surface area contributed by atoms with Crippen LogP contribution in [0.3, 0.4) is 0 Å². The number of aromatic nitrogens is 3. The quantitative estimate of drug-likeness (QED) is 0.892. The fourth-order valence-electron chi connectivity index (χ4n) is 1.32. The highest BCUT2D eigenvalue weighted by Gasteiger charge is 2.08. The molecule has 1 heterocycles. The van der Waals surface area contributed by atoms with E-state index < -0.39 is 0 Å². The van der Waals surface area contributed by atoms with Gasteiger partial charge in [-0.1, -0.05) is 19.1 Å². The van der Waals surface area contributed by atoms with E-state index >= 15 is 0 Å². The average molecular weight is 344 g/mol. The van der Waals surface area contributed by atoms with E-state index in [0.29, 0.717) is 11.7 Å². The maximum atomic E-state index is 5.84. The van der Waals surface area contributed by atoms with Crippen molar-refractivity contribution in [3.8, 4) is 11.8 Å². The van der Waals surface area contributed by atoms with Crippen LogP contribution in [0.1, 0.15) is 13.3 Å². The van der Waals surface area contributed by atoms with Crippen LogP contribution in [0, 0.1) is 0 Å². The third kappa shape index (κ3) is 4.04. The summed E-state index contributed by atoms with van der Waals surface area (Å²) in [6, 6.07) is 7.59. The number of ether oxygens (including phenoxy) is 1. The first-order valence-electron chi connectivity index (χ1n) is 5.77. The van der Waals surface area contributed by atoms with Crippen LogP contribution in [0.4, 0.5) is 5.95 Å². The second-order valence-corrected chi connectivity index (χ2v) is 4.86. The highest BCUT2D eigenvalue weighted by molar-refractivity contribution is 9.10. The summed E-state index contributed by atoms with van der Waals surface area (Å²) in [5, 5.41) is 3.13. The van der Waals surface area contributed by atoms with E-state index in [1.165, 1.54) is 0 Å². The summed E-state index contributed by atoms with van der Waals surface area (Å²) in [5.74, 6) is 1.02. The first-order chi connectivity index (χ1) is 9.19. The average Bonchev–Trinajstić information content (AvgIpc) is 2.38. The lowest BCUT2D eigenvalue weighted by Gasteiger charge is -2.07. The predicted molar refractivity (Wildman–Crippen MR) is 77.8 cm³/mol. The van der Waals surface area contributed by atoms with Gasteiger partial charge < -0.3 is 10.1 Å². The second-order valence-electron chi connectivity index (χ2n) is 3.67. The molecular formula is C12H12BrClN4O. The fourth-order valence-corrected chi connectivity index (χ4v) is 1.84. The monoisotopic (exact) mass is 342 g/mol. The van der Waals surface area contributed by atoms with Crippen molar-refractivity contribution in [2.75, 3.05) is 11.9 Å². The maximum Gasteiger partial charge on any atom is 0.328 e. The van der Waals surface area contributed by atoms with Crippen LogP contribution >= 0.6 is 27.5 Å². The lowest BCUT2D eigenvalue weighted by atomic mass is 10.3. The number of benzene rings is 1. The number of hydrogen-bond acceptors (Lipinski definition) is 5. The fraction of sp³-hybridized carbons (Fsp3) is 0.250. The zero-order chi connectivity index (χ0) is 13.7. The molecular weight excluding hydrogens is 332 g/mol. The van der Waals surface area contributed by atoms with Crippen molar-refractivity contribution >= 4 is 33.5 Å². The van der Waals surface area contributed by atoms with Gasteiger partial charge in [0.15, 0.2) is 0 Å². The van der Waals surface area contributed by atoms with Crippen molar-refractivity contribution < 1.29 is 4.74 Å². The van der Waals surface area contributed by atoms with Crippen LogP contribution in [0.2, 0.25) is 5.28 Å². The van der Waals surface area contributed by atoms with Crippen molar-refractivity contribution in [3.05, 3.63) is 34.0 Å². The molecule has 0 saturated carbocycles. The summed E-state index contributed by atoms with van der Waals surface area (Å²) < 4.78 is 6.39. The van der Waals surface area contributed by atoms with Gasteiger partial charge in [0.05, 0.1) is 4.47 Å². The van der Waals surface area contributed by atoms with Gasteiger partial charge in [-0.25, -0.2) is 0 Å². The second kappa shape index (κ2) is 6.68. The Morgan fingerprint density at radius 1 is 1.26 bits per heavy atom. The van der Waals surface area contributed by atoms with Gasteiger partial charge in [-0.15, -0.1) is 0 Å². The summed E-state index contributed by atoms with van der Waals surface area (Å²) in [7, 11) is 0. The Morgan fingerprint density at radius 3 is 2.79 bits per heavy atom. The minimum absolute atomic E-state index is 0.0932. The molecule has 0 fully saturated rings. The van der Waals surface area contributed by atoms with E-state index in [-0.39, 0.29) is 11.3 Å². The molecule has 0 unspecified atom stereocenters. The van der Waals surface area contributed by atoms with Crippen molar-refractivity contribution in [1.29, 1.82) is 0 Å². The van der Waals surface area contributed by atoms with Gasteiger partial charge in [0.1, 0.15) is 5.75 Å². The van der Waals surface area contributed by atoms with Crippen molar-refractivity contribution in [2.45, 2.75) is 13.3 Å². The molecule has 0 amide bonds. The standard InChI is InChI=1S/C12H12BrClN4O/c1-2-7-15-11-16-10(14)17-12(18-11)19-9-6-4-3-5-8(9)13/h3-6H,2,7H2,1H3,(H,15,16,17,18). The van der Waals surface area contributed by atoms with E-state index in [1.807, 2.05) is 25.1 Å². The first kappa shape index (κ1) is 14.0. The molecule has 1 N–H and O–H groups in total. The van der Waals surface area contributed by atoms with E-state index in [2.05, 4.69) is 36.2 Å². The van der Waals surface area contributed by atoms with Gasteiger partial charge in [0.25, 0.3) is 0 Å². The molecule has 19 heavy (non-hydrogen) atoms. The number of halogens is 2. The van der Waals surface area contributed by atoms with E-state index in [4.69, 9.17) is 16.3 Å². The van der Waals surface area contributed by atoms with E-state index in [9.17, 15) is 0 Å². The molecule has 0 spiro atoms. The van der Waals surface area contributed by atoms with Gasteiger partial charge in [-0.2, -0.15) is 15.0 Å². The largest absolute Gasteiger partial charge is 0.423 e. The summed E-state index contributed by atoms with van der Waals surface area (Å²) in [6.07, 6.45) is 0.962. The zero-order valence-corrected chi connectivity index (χ0v) is 12.6. The molecule has 0 saturated heterocycles. The maximum absolute atomic E-state index is 5.84. The van der Waals surface area contributed by atoms with Crippen molar-refractivity contribution in [1.82, 2.24) is 15.0 Å². The first-order valence-corrected chi connectivity index (χ1v) is 6.94. The zero-order valence-electron chi connectivity index (χ0n) is 10.2. The lowest BCUT2D eigenvalue weighted by molar-refractivity contribution is 0.438. The molecule has 0 radical (unpaired) electrons. The molecule has 0 aliphatic rings. The van der Waals surface area contributed by atoms with E-state index in [1.54, 1.807) is 6.07 Å². The molecule has 0 atom stereocenters. The smallest absolute Gasteiger partial charge is 0.328 e. The summed E-state index contributed by atoms with van der Waals surface area (Å²) in [6.45, 7) is 2.81. The minimum atomic E-state index is 0.0932. The topological polar surface area (TPSA) is 59.9 Å². The molecule has 0 aliphatic carbocycles. The Hall–Kier alpha value is -1.40. The van der Waals surface area contributed by atoms with Crippen LogP contribution in [-0.2, 0) is 0 Å². The molecule has 1 aromatic carbocycles. The van der Waals surface area contributed by atoms with Gasteiger partial charge in [-0.05, 0) is 46.1 Å². The summed E-state index contributed by atoms with van der Waals surface area (Å²) in [5.41, 5.74) is 0. The summed E-state index contributed by atoms with van der Waals surface area (Å²) in [4.78, 5) is 12.1. The molecule has 0 bridgehead atoms. The van der Waals surface area contributed by atoms with E-state index in [0.717, 1.165) is 17.4 Å². The van der Waals surface area contributed by atoms with Crippen LogP contribution in [0.25, 0.3) is 0 Å².